The van der Waals surface area contributed by atoms with Crippen LogP contribution in [0.25, 0.3) is 5.57 Å². The normalized spacial score (nSPS) is 17.2. The summed E-state index contributed by atoms with van der Waals surface area (Å²) in [6, 6.07) is 4.03. The van der Waals surface area contributed by atoms with Crippen LogP contribution in [0.4, 0.5) is 0 Å². The molecule has 0 radical (unpaired) electrons. The number of hydrogen-bond acceptors (Lipinski definition) is 2. The molecule has 17 heavy (non-hydrogen) atoms. The minimum atomic E-state index is -0.896. The highest BCUT2D eigenvalue weighted by Gasteiger charge is 2.17. The van der Waals surface area contributed by atoms with Gasteiger partial charge >= 0.3 is 5.97 Å². The van der Waals surface area contributed by atoms with E-state index in [2.05, 4.69) is 6.07 Å². The first-order valence-corrected chi connectivity index (χ1v) is 5.76. The highest BCUT2D eigenvalue weighted by atomic mass is 16.5. The molecule has 0 unspecified atom stereocenters. The lowest BCUT2D eigenvalue weighted by molar-refractivity contribution is -0.131. The molecule has 2 rings (SSSR count). The Kier molecular flexibility index (Phi) is 3.18. The fourth-order valence-electron chi connectivity index (χ4n) is 2.32. The van der Waals surface area contributed by atoms with Gasteiger partial charge in [0.15, 0.2) is 0 Å². The number of aliphatic carboxylic acids is 1. The molecule has 1 aromatic rings. The molecule has 0 amide bonds. The van der Waals surface area contributed by atoms with E-state index < -0.39 is 5.97 Å². The van der Waals surface area contributed by atoms with Crippen molar-refractivity contribution in [1.82, 2.24) is 0 Å². The number of carbonyl (C=O) groups is 1. The molecule has 3 nitrogen and oxygen atoms in total. The van der Waals surface area contributed by atoms with Crippen LogP contribution < -0.4 is 4.74 Å². The fraction of sp³-hybridized carbons (Fsp3) is 0.357. The number of benzene rings is 1. The van der Waals surface area contributed by atoms with Crippen LogP contribution in [0.3, 0.4) is 0 Å². The van der Waals surface area contributed by atoms with E-state index in [-0.39, 0.29) is 0 Å². The van der Waals surface area contributed by atoms with Crippen molar-refractivity contribution in [3.63, 3.8) is 0 Å². The van der Waals surface area contributed by atoms with E-state index in [0.29, 0.717) is 6.61 Å². The van der Waals surface area contributed by atoms with Crippen molar-refractivity contribution in [2.45, 2.75) is 26.7 Å². The van der Waals surface area contributed by atoms with Crippen LogP contribution in [-0.2, 0) is 4.79 Å². The number of hydrogen-bond donors (Lipinski definition) is 1. The van der Waals surface area contributed by atoms with Crippen molar-refractivity contribution in [3.05, 3.63) is 34.9 Å². The van der Waals surface area contributed by atoms with Crippen LogP contribution >= 0.6 is 0 Å². The number of ether oxygens (including phenoxy) is 1. The SMILES string of the molecule is Cc1cc(C)c2c(c1)OCCC/C2=C\C(=O)O. The van der Waals surface area contributed by atoms with E-state index >= 15 is 0 Å². The summed E-state index contributed by atoms with van der Waals surface area (Å²) in [4.78, 5) is 10.9. The van der Waals surface area contributed by atoms with Crippen LogP contribution in [0.15, 0.2) is 18.2 Å². The van der Waals surface area contributed by atoms with Gasteiger partial charge in [0.25, 0.3) is 0 Å². The van der Waals surface area contributed by atoms with Gasteiger partial charge in [0.2, 0.25) is 0 Å². The number of allylic oxidation sites excluding steroid dienone is 1. The molecular formula is C14H16O3. The number of carboxylic acid groups (broad SMARTS) is 1. The Morgan fingerprint density at radius 2 is 2.18 bits per heavy atom. The molecule has 0 spiro atoms. The van der Waals surface area contributed by atoms with Crippen LogP contribution in [0, 0.1) is 13.8 Å². The van der Waals surface area contributed by atoms with Gasteiger partial charge in [0.05, 0.1) is 6.61 Å². The minimum absolute atomic E-state index is 0.646. The van der Waals surface area contributed by atoms with Crippen molar-refractivity contribution in [2.75, 3.05) is 6.61 Å². The molecule has 3 heteroatoms. The first-order chi connectivity index (χ1) is 8.08. The standard InChI is InChI=1S/C14H16O3/c1-9-6-10(2)14-11(8-13(15)16)4-3-5-17-12(14)7-9/h6-8H,3-5H2,1-2H3,(H,15,16)/b11-8+. The van der Waals surface area contributed by atoms with Gasteiger partial charge in [0, 0.05) is 11.6 Å². The molecule has 0 bridgehead atoms. The van der Waals surface area contributed by atoms with E-state index in [4.69, 9.17) is 9.84 Å². The van der Waals surface area contributed by atoms with Crippen LogP contribution in [-0.4, -0.2) is 17.7 Å². The Hall–Kier alpha value is -1.77. The van der Waals surface area contributed by atoms with Crippen molar-refractivity contribution >= 4 is 11.5 Å². The van der Waals surface area contributed by atoms with E-state index in [1.165, 1.54) is 6.08 Å². The monoisotopic (exact) mass is 232 g/mol. The lowest BCUT2D eigenvalue weighted by atomic mass is 9.95. The molecule has 0 atom stereocenters. The summed E-state index contributed by atoms with van der Waals surface area (Å²) in [5.41, 5.74) is 4.03. The van der Waals surface area contributed by atoms with Gasteiger partial charge in [0.1, 0.15) is 5.75 Å². The molecule has 0 fully saturated rings. The lowest BCUT2D eigenvalue weighted by Crippen LogP contribution is -1.97. The van der Waals surface area contributed by atoms with E-state index in [0.717, 1.165) is 40.9 Å². The highest BCUT2D eigenvalue weighted by molar-refractivity contribution is 5.91. The Balaban J connectivity index is 2.59. The molecular weight excluding hydrogens is 216 g/mol. The van der Waals surface area contributed by atoms with E-state index in [9.17, 15) is 4.79 Å². The highest BCUT2D eigenvalue weighted by Crippen LogP contribution is 2.35. The number of rotatable bonds is 1. The Morgan fingerprint density at radius 1 is 1.41 bits per heavy atom. The summed E-state index contributed by atoms with van der Waals surface area (Å²) in [5, 5.41) is 8.91. The second kappa shape index (κ2) is 4.62. The molecule has 90 valence electrons. The Morgan fingerprint density at radius 3 is 2.88 bits per heavy atom. The van der Waals surface area contributed by atoms with Crippen molar-refractivity contribution in [3.8, 4) is 5.75 Å². The van der Waals surface area contributed by atoms with E-state index in [1.807, 2.05) is 19.9 Å². The molecule has 0 saturated carbocycles. The summed E-state index contributed by atoms with van der Waals surface area (Å²) < 4.78 is 5.69. The smallest absolute Gasteiger partial charge is 0.328 e. The average Bonchev–Trinajstić information content (AvgIpc) is 2.39. The summed E-state index contributed by atoms with van der Waals surface area (Å²) in [6.45, 7) is 4.66. The molecule has 0 aromatic heterocycles. The number of carboxylic acids is 1. The van der Waals surface area contributed by atoms with Crippen molar-refractivity contribution in [2.24, 2.45) is 0 Å². The predicted molar refractivity (Wildman–Crippen MR) is 66.3 cm³/mol. The third kappa shape index (κ3) is 2.49. The summed E-state index contributed by atoms with van der Waals surface area (Å²) >= 11 is 0. The van der Waals surface area contributed by atoms with Gasteiger partial charge in [-0.05, 0) is 49.5 Å². The van der Waals surface area contributed by atoms with Crippen LogP contribution in [0.1, 0.15) is 29.5 Å². The maximum atomic E-state index is 10.9. The zero-order valence-corrected chi connectivity index (χ0v) is 10.1. The Bertz CT molecular complexity index is 486. The van der Waals surface area contributed by atoms with Gasteiger partial charge in [-0.25, -0.2) is 4.79 Å². The molecule has 1 aliphatic rings. The number of fused-ring (bicyclic) bond motifs is 1. The zero-order chi connectivity index (χ0) is 12.4. The van der Waals surface area contributed by atoms with Gasteiger partial charge in [-0.3, -0.25) is 0 Å². The third-order valence-corrected chi connectivity index (χ3v) is 2.91. The first-order valence-electron chi connectivity index (χ1n) is 5.76. The molecule has 0 aliphatic carbocycles. The lowest BCUT2D eigenvalue weighted by Gasteiger charge is -2.12. The molecule has 1 aliphatic heterocycles. The predicted octanol–water partition coefficient (Wildman–Crippen LogP) is 2.94. The number of aryl methyl sites for hydroxylation is 2. The minimum Gasteiger partial charge on any atom is -0.493 e. The van der Waals surface area contributed by atoms with Crippen molar-refractivity contribution < 1.29 is 14.6 Å². The zero-order valence-electron chi connectivity index (χ0n) is 10.1. The maximum absolute atomic E-state index is 10.9. The van der Waals surface area contributed by atoms with Gasteiger partial charge in [-0.15, -0.1) is 0 Å². The largest absolute Gasteiger partial charge is 0.493 e. The topological polar surface area (TPSA) is 46.5 Å². The van der Waals surface area contributed by atoms with Gasteiger partial charge < -0.3 is 9.84 Å². The summed E-state index contributed by atoms with van der Waals surface area (Å²) in [6.07, 6.45) is 2.91. The molecule has 1 N–H and O–H groups in total. The molecule has 1 aromatic carbocycles. The third-order valence-electron chi connectivity index (χ3n) is 2.91. The van der Waals surface area contributed by atoms with Gasteiger partial charge in [-0.2, -0.15) is 0 Å². The van der Waals surface area contributed by atoms with Crippen LogP contribution in [0.2, 0.25) is 0 Å². The molecule has 0 saturated heterocycles. The van der Waals surface area contributed by atoms with Gasteiger partial charge in [-0.1, -0.05) is 6.07 Å². The second-order valence-electron chi connectivity index (χ2n) is 4.41. The summed E-state index contributed by atoms with van der Waals surface area (Å²) in [7, 11) is 0. The van der Waals surface area contributed by atoms with E-state index in [1.54, 1.807) is 0 Å². The maximum Gasteiger partial charge on any atom is 0.328 e. The fourth-order valence-corrected chi connectivity index (χ4v) is 2.32. The average molecular weight is 232 g/mol. The second-order valence-corrected chi connectivity index (χ2v) is 4.41. The van der Waals surface area contributed by atoms with Crippen LogP contribution in [0.5, 0.6) is 5.75 Å². The molecule has 1 heterocycles. The Labute approximate surface area is 101 Å². The summed E-state index contributed by atoms with van der Waals surface area (Å²) in [5.74, 6) is -0.0830. The first kappa shape index (κ1) is 11.7. The van der Waals surface area contributed by atoms with Crippen molar-refractivity contribution in [1.29, 1.82) is 0 Å². The quantitative estimate of drug-likeness (QED) is 0.757.